The molecule has 3 aromatic rings. The highest BCUT2D eigenvalue weighted by molar-refractivity contribution is 6.00. The highest BCUT2D eigenvalue weighted by atomic mass is 16.5. The molecule has 8 heteroatoms. The molecule has 1 unspecified atom stereocenters. The predicted octanol–water partition coefficient (Wildman–Crippen LogP) is 2.73. The van der Waals surface area contributed by atoms with Crippen molar-refractivity contribution in [3.8, 4) is 28.5 Å². The smallest absolute Gasteiger partial charge is 0.273 e. The van der Waals surface area contributed by atoms with E-state index in [1.165, 1.54) is 0 Å². The van der Waals surface area contributed by atoms with Gasteiger partial charge in [-0.2, -0.15) is 5.10 Å². The minimum Gasteiger partial charge on any atom is -0.507 e. The summed E-state index contributed by atoms with van der Waals surface area (Å²) in [6.07, 6.45) is 0. The first-order chi connectivity index (χ1) is 14.6. The fourth-order valence-electron chi connectivity index (χ4n) is 3.89. The molecule has 0 saturated heterocycles. The van der Waals surface area contributed by atoms with Gasteiger partial charge in [-0.1, -0.05) is 18.2 Å². The van der Waals surface area contributed by atoms with Gasteiger partial charge in [-0.15, -0.1) is 0 Å². The van der Waals surface area contributed by atoms with Crippen molar-refractivity contribution in [1.29, 1.82) is 0 Å². The number of H-pyrrole nitrogens is 1. The summed E-state index contributed by atoms with van der Waals surface area (Å²) in [5.74, 6) is 0.968. The van der Waals surface area contributed by atoms with Crippen LogP contribution in [0.1, 0.15) is 34.6 Å². The topological polar surface area (TPSA) is 108 Å². The van der Waals surface area contributed by atoms with Gasteiger partial charge >= 0.3 is 0 Å². The molecule has 8 nitrogen and oxygen atoms in total. The fraction of sp³-hybridized carbons (Fsp3) is 0.273. The number of rotatable bonds is 7. The lowest BCUT2D eigenvalue weighted by Crippen LogP contribution is -2.32. The van der Waals surface area contributed by atoms with E-state index in [0.29, 0.717) is 40.6 Å². The first-order valence-corrected chi connectivity index (χ1v) is 9.69. The Kier molecular flexibility index (Phi) is 5.33. The van der Waals surface area contributed by atoms with Crippen molar-refractivity contribution in [3.05, 3.63) is 59.3 Å². The largest absolute Gasteiger partial charge is 0.507 e. The van der Waals surface area contributed by atoms with Crippen LogP contribution >= 0.6 is 0 Å². The molecule has 1 aliphatic rings. The Morgan fingerprint density at radius 3 is 2.70 bits per heavy atom. The van der Waals surface area contributed by atoms with E-state index >= 15 is 0 Å². The van der Waals surface area contributed by atoms with Gasteiger partial charge in [0.2, 0.25) is 0 Å². The molecule has 0 saturated carbocycles. The number of aromatic amines is 1. The van der Waals surface area contributed by atoms with Gasteiger partial charge in [-0.3, -0.25) is 9.89 Å². The van der Waals surface area contributed by atoms with Crippen molar-refractivity contribution in [1.82, 2.24) is 15.1 Å². The number of para-hydroxylation sites is 1. The SMILES string of the molecule is CCOc1ccc(C2c3c(-c4ccccc4O)n[nH]c3C(=O)N2CCO)cc1OC. The van der Waals surface area contributed by atoms with Gasteiger partial charge < -0.3 is 24.6 Å². The fourth-order valence-corrected chi connectivity index (χ4v) is 3.89. The molecule has 3 N–H and O–H groups in total. The minimum atomic E-state index is -0.502. The number of ether oxygens (including phenoxy) is 2. The van der Waals surface area contributed by atoms with E-state index in [0.717, 1.165) is 5.56 Å². The number of aromatic hydroxyl groups is 1. The maximum absolute atomic E-state index is 13.0. The summed E-state index contributed by atoms with van der Waals surface area (Å²) in [5, 5.41) is 27.1. The zero-order valence-corrected chi connectivity index (χ0v) is 16.8. The van der Waals surface area contributed by atoms with Crippen LogP contribution in [0.25, 0.3) is 11.3 Å². The van der Waals surface area contributed by atoms with Crippen LogP contribution in [0.4, 0.5) is 0 Å². The highest BCUT2D eigenvalue weighted by Gasteiger charge is 2.42. The third kappa shape index (κ3) is 3.15. The summed E-state index contributed by atoms with van der Waals surface area (Å²) in [6, 6.07) is 11.8. The van der Waals surface area contributed by atoms with Crippen LogP contribution in [-0.4, -0.2) is 58.1 Å². The average molecular weight is 409 g/mol. The van der Waals surface area contributed by atoms with Crippen molar-refractivity contribution in [2.24, 2.45) is 0 Å². The summed E-state index contributed by atoms with van der Waals surface area (Å²) in [6.45, 7) is 2.36. The van der Waals surface area contributed by atoms with E-state index in [1.807, 2.05) is 19.1 Å². The molecule has 0 radical (unpaired) electrons. The van der Waals surface area contributed by atoms with Gasteiger partial charge in [0, 0.05) is 17.7 Å². The number of hydrogen-bond donors (Lipinski definition) is 3. The second-order valence-electron chi connectivity index (χ2n) is 6.85. The molecule has 1 amide bonds. The van der Waals surface area contributed by atoms with E-state index in [-0.39, 0.29) is 24.8 Å². The van der Waals surface area contributed by atoms with Gasteiger partial charge in [-0.05, 0) is 36.8 Å². The number of hydrogen-bond acceptors (Lipinski definition) is 6. The third-order valence-electron chi connectivity index (χ3n) is 5.17. The molecular formula is C22H23N3O5. The number of aromatic nitrogens is 2. The van der Waals surface area contributed by atoms with Crippen LogP contribution in [0.2, 0.25) is 0 Å². The molecule has 0 spiro atoms. The number of nitrogens with zero attached hydrogens (tertiary/aromatic N) is 2. The first-order valence-electron chi connectivity index (χ1n) is 9.69. The monoisotopic (exact) mass is 409 g/mol. The van der Waals surface area contributed by atoms with Gasteiger partial charge in [0.05, 0.1) is 26.4 Å². The van der Waals surface area contributed by atoms with Crippen molar-refractivity contribution < 1.29 is 24.5 Å². The number of β-amino-alcohol motifs (C(OH)–C–C–N with tert-alkyl or cyclic N) is 1. The number of methoxy groups -OCH3 is 1. The number of nitrogens with one attached hydrogen (secondary N) is 1. The molecule has 0 bridgehead atoms. The zero-order valence-electron chi connectivity index (χ0n) is 16.8. The van der Waals surface area contributed by atoms with Crippen LogP contribution in [0.3, 0.4) is 0 Å². The quantitative estimate of drug-likeness (QED) is 0.554. The van der Waals surface area contributed by atoms with Gasteiger partial charge in [0.25, 0.3) is 5.91 Å². The molecule has 2 heterocycles. The van der Waals surface area contributed by atoms with Crippen molar-refractivity contribution in [2.45, 2.75) is 13.0 Å². The molecule has 30 heavy (non-hydrogen) atoms. The lowest BCUT2D eigenvalue weighted by atomic mass is 9.95. The Morgan fingerprint density at radius 2 is 2.00 bits per heavy atom. The van der Waals surface area contributed by atoms with Crippen LogP contribution in [-0.2, 0) is 0 Å². The second kappa shape index (κ2) is 8.08. The Labute approximate surface area is 173 Å². The maximum Gasteiger partial charge on any atom is 0.273 e. The molecule has 1 aromatic heterocycles. The van der Waals surface area contributed by atoms with Crippen molar-refractivity contribution in [2.75, 3.05) is 26.9 Å². The lowest BCUT2D eigenvalue weighted by molar-refractivity contribution is 0.0706. The Bertz CT molecular complexity index is 1080. The Morgan fingerprint density at radius 1 is 1.20 bits per heavy atom. The molecule has 156 valence electrons. The highest BCUT2D eigenvalue weighted by Crippen LogP contribution is 2.45. The standard InChI is InChI=1S/C22H23N3O5/c1-3-30-16-9-8-13(12-17(16)29-2)21-18-19(14-6-4-5-7-15(14)27)23-24-20(18)22(28)25(21)10-11-26/h4-9,12,21,26-27H,3,10-11H2,1-2H3,(H,23,24). The van der Waals surface area contributed by atoms with Crippen molar-refractivity contribution in [3.63, 3.8) is 0 Å². The summed E-state index contributed by atoms with van der Waals surface area (Å²) in [5.41, 5.74) is 2.81. The molecule has 1 aliphatic heterocycles. The number of carbonyl (C=O) groups is 1. The number of aliphatic hydroxyl groups is 1. The van der Waals surface area contributed by atoms with E-state index in [9.17, 15) is 15.0 Å². The molecular weight excluding hydrogens is 386 g/mol. The normalized spacial score (nSPS) is 15.4. The summed E-state index contributed by atoms with van der Waals surface area (Å²) in [7, 11) is 1.56. The maximum atomic E-state index is 13.0. The zero-order chi connectivity index (χ0) is 21.3. The van der Waals surface area contributed by atoms with Crippen LogP contribution < -0.4 is 9.47 Å². The van der Waals surface area contributed by atoms with E-state index in [4.69, 9.17) is 9.47 Å². The molecule has 0 aliphatic carbocycles. The second-order valence-corrected chi connectivity index (χ2v) is 6.85. The van der Waals surface area contributed by atoms with Gasteiger partial charge in [0.1, 0.15) is 17.1 Å². The number of phenols is 1. The number of amides is 1. The lowest BCUT2D eigenvalue weighted by Gasteiger charge is -2.26. The van der Waals surface area contributed by atoms with E-state index < -0.39 is 6.04 Å². The van der Waals surface area contributed by atoms with Crippen LogP contribution in [0, 0.1) is 0 Å². The number of fused-ring (bicyclic) bond motifs is 1. The Balaban J connectivity index is 1.88. The Hall–Kier alpha value is -3.52. The third-order valence-corrected chi connectivity index (χ3v) is 5.17. The van der Waals surface area contributed by atoms with Gasteiger partial charge in [-0.25, -0.2) is 0 Å². The first kappa shape index (κ1) is 19.8. The van der Waals surface area contributed by atoms with E-state index in [2.05, 4.69) is 10.2 Å². The molecule has 2 aromatic carbocycles. The molecule has 1 atom stereocenters. The minimum absolute atomic E-state index is 0.0721. The average Bonchev–Trinajstić information content (AvgIpc) is 3.29. The summed E-state index contributed by atoms with van der Waals surface area (Å²) >= 11 is 0. The number of phenolic OH excluding ortho intramolecular Hbond substituents is 1. The molecule has 4 rings (SSSR count). The van der Waals surface area contributed by atoms with Gasteiger partial charge in [0.15, 0.2) is 11.5 Å². The summed E-state index contributed by atoms with van der Waals surface area (Å²) < 4.78 is 11.1. The predicted molar refractivity (Wildman–Crippen MR) is 110 cm³/mol. The van der Waals surface area contributed by atoms with Crippen LogP contribution in [0.5, 0.6) is 17.2 Å². The number of aliphatic hydroxyl groups excluding tert-OH is 1. The van der Waals surface area contributed by atoms with E-state index in [1.54, 1.807) is 42.3 Å². The molecule has 0 fully saturated rings. The van der Waals surface area contributed by atoms with Crippen LogP contribution in [0.15, 0.2) is 42.5 Å². The summed E-state index contributed by atoms with van der Waals surface area (Å²) in [4.78, 5) is 14.6. The van der Waals surface area contributed by atoms with Crippen molar-refractivity contribution >= 4 is 5.91 Å². The number of carbonyl (C=O) groups excluding carboxylic acids is 1. The number of benzene rings is 2.